The van der Waals surface area contributed by atoms with Crippen LogP contribution in [0.4, 0.5) is 0 Å². The summed E-state index contributed by atoms with van der Waals surface area (Å²) in [6.07, 6.45) is 3.48. The third kappa shape index (κ3) is 3.31. The predicted octanol–water partition coefficient (Wildman–Crippen LogP) is 4.22. The first kappa shape index (κ1) is 20.7. The zero-order valence-electron chi connectivity index (χ0n) is 17.7. The summed E-state index contributed by atoms with van der Waals surface area (Å²) in [5.74, 6) is -4.80. The summed E-state index contributed by atoms with van der Waals surface area (Å²) >= 11 is 0. The summed E-state index contributed by atoms with van der Waals surface area (Å²) < 4.78 is 1.97. The highest BCUT2D eigenvalue weighted by Gasteiger charge is 2.61. The Kier molecular flexibility index (Phi) is 5.05. The molecular weight excluding hydrogens is 416 g/mol. The van der Waals surface area contributed by atoms with Crippen LogP contribution in [-0.2, 0) is 15.1 Å². The molecular formula is C27H22N2O4. The number of aromatic nitrogens is 2. The van der Waals surface area contributed by atoms with Crippen LogP contribution in [-0.4, -0.2) is 31.7 Å². The fourth-order valence-electron chi connectivity index (χ4n) is 4.97. The minimum atomic E-state index is -1.11. The van der Waals surface area contributed by atoms with Crippen molar-refractivity contribution in [3.8, 4) is 0 Å². The van der Waals surface area contributed by atoms with Crippen molar-refractivity contribution in [3.63, 3.8) is 0 Å². The molecule has 0 bridgehead atoms. The van der Waals surface area contributed by atoms with Crippen molar-refractivity contribution in [2.45, 2.75) is 11.5 Å². The summed E-state index contributed by atoms with van der Waals surface area (Å²) in [5, 5.41) is 19.0. The predicted molar refractivity (Wildman–Crippen MR) is 122 cm³/mol. The zero-order chi connectivity index (χ0) is 23.0. The van der Waals surface area contributed by atoms with Crippen LogP contribution < -0.4 is 0 Å². The van der Waals surface area contributed by atoms with Gasteiger partial charge in [0, 0.05) is 12.1 Å². The molecule has 0 spiro atoms. The van der Waals surface area contributed by atoms with E-state index in [2.05, 4.69) is 41.4 Å². The molecule has 0 amide bonds. The number of nitrogens with zero attached hydrogens (tertiary/aromatic N) is 2. The minimum Gasteiger partial charge on any atom is -0.481 e. The van der Waals surface area contributed by atoms with Gasteiger partial charge in [-0.25, -0.2) is 4.98 Å². The molecule has 3 atom stereocenters. The normalized spacial score (nSPS) is 19.7. The Hall–Kier alpha value is -4.19. The van der Waals surface area contributed by atoms with E-state index in [4.69, 9.17) is 0 Å². The average Bonchev–Trinajstić information content (AvgIpc) is 3.44. The number of carboxylic acids is 2. The highest BCUT2D eigenvalue weighted by molar-refractivity contribution is 5.88. The molecule has 2 unspecified atom stereocenters. The van der Waals surface area contributed by atoms with Crippen LogP contribution in [0, 0.1) is 11.8 Å². The van der Waals surface area contributed by atoms with Gasteiger partial charge in [0.25, 0.3) is 0 Å². The van der Waals surface area contributed by atoms with Gasteiger partial charge in [-0.1, -0.05) is 91.0 Å². The first-order valence-corrected chi connectivity index (χ1v) is 10.7. The molecule has 2 N–H and O–H groups in total. The summed E-state index contributed by atoms with van der Waals surface area (Å²) in [6, 6.07) is 30.1. The van der Waals surface area contributed by atoms with Crippen molar-refractivity contribution in [2.75, 3.05) is 0 Å². The van der Waals surface area contributed by atoms with Gasteiger partial charge in [0.1, 0.15) is 5.54 Å². The molecule has 1 aliphatic rings. The Labute approximate surface area is 190 Å². The number of carbonyl (C=O) groups is 2. The van der Waals surface area contributed by atoms with Gasteiger partial charge in [-0.05, 0) is 16.7 Å². The van der Waals surface area contributed by atoms with E-state index >= 15 is 0 Å². The van der Waals surface area contributed by atoms with Crippen LogP contribution in [0.5, 0.6) is 0 Å². The lowest BCUT2D eigenvalue weighted by atomic mass is 9.77. The number of hydrogen-bond donors (Lipinski definition) is 2. The molecule has 5 rings (SSSR count). The Morgan fingerprint density at radius 2 is 1.09 bits per heavy atom. The number of hydrogen-bond acceptors (Lipinski definition) is 3. The maximum absolute atomic E-state index is 11.6. The molecule has 1 saturated carbocycles. The fraction of sp³-hybridized carbons (Fsp3) is 0.148. The molecule has 1 fully saturated rings. The van der Waals surface area contributed by atoms with E-state index in [9.17, 15) is 19.8 Å². The second kappa shape index (κ2) is 8.06. The largest absolute Gasteiger partial charge is 0.481 e. The van der Waals surface area contributed by atoms with Crippen molar-refractivity contribution in [1.29, 1.82) is 0 Å². The summed E-state index contributed by atoms with van der Waals surface area (Å²) in [7, 11) is 0. The van der Waals surface area contributed by atoms with Gasteiger partial charge in [0.05, 0.1) is 23.9 Å². The van der Waals surface area contributed by atoms with E-state index in [1.807, 2.05) is 59.2 Å². The van der Waals surface area contributed by atoms with Gasteiger partial charge in [-0.15, -0.1) is 0 Å². The smallest absolute Gasteiger partial charge is 0.308 e. The molecule has 1 heterocycles. The monoisotopic (exact) mass is 438 g/mol. The van der Waals surface area contributed by atoms with Crippen LogP contribution in [0.25, 0.3) is 0 Å². The molecule has 6 nitrogen and oxygen atoms in total. The lowest BCUT2D eigenvalue weighted by molar-refractivity contribution is -0.144. The third-order valence-corrected chi connectivity index (χ3v) is 6.50. The first-order chi connectivity index (χ1) is 16.0. The Morgan fingerprint density at radius 3 is 1.45 bits per heavy atom. The summed E-state index contributed by atoms with van der Waals surface area (Å²) in [4.78, 5) is 27.8. The third-order valence-electron chi connectivity index (χ3n) is 6.50. The first-order valence-electron chi connectivity index (χ1n) is 10.7. The minimum absolute atomic E-state index is 0.474. The highest BCUT2D eigenvalue weighted by atomic mass is 16.4. The number of rotatable bonds is 7. The molecule has 3 aromatic carbocycles. The van der Waals surface area contributed by atoms with Crippen molar-refractivity contribution in [1.82, 2.24) is 9.55 Å². The van der Waals surface area contributed by atoms with E-state index < -0.39 is 35.2 Å². The molecule has 1 aromatic heterocycles. The molecule has 1 aliphatic carbocycles. The van der Waals surface area contributed by atoms with Crippen LogP contribution in [0.1, 0.15) is 28.3 Å². The van der Waals surface area contributed by atoms with Gasteiger partial charge in [-0.3, -0.25) is 9.59 Å². The number of benzene rings is 3. The van der Waals surface area contributed by atoms with Crippen molar-refractivity contribution in [2.24, 2.45) is 11.8 Å². The molecule has 164 valence electrons. The standard InChI is InChI=1S/C27H22N2O4/c30-25(31)23-22(24(23)26(32)33)21-16-29(17-28-21)27(18-10-4-1-5-11-18,19-12-6-2-7-13-19)20-14-8-3-9-15-20/h1-17,22-24H,(H,30,31)(H,32,33)/t22?,23-,24?/m0/s1. The topological polar surface area (TPSA) is 92.4 Å². The van der Waals surface area contributed by atoms with E-state index in [1.54, 1.807) is 12.5 Å². The van der Waals surface area contributed by atoms with Crippen molar-refractivity contribution < 1.29 is 19.8 Å². The Balaban J connectivity index is 1.73. The van der Waals surface area contributed by atoms with Gasteiger partial charge in [0.2, 0.25) is 0 Å². The molecule has 0 aliphatic heterocycles. The summed E-state index contributed by atoms with van der Waals surface area (Å²) in [5.41, 5.74) is 2.72. The molecule has 0 radical (unpaired) electrons. The van der Waals surface area contributed by atoms with E-state index in [0.717, 1.165) is 16.7 Å². The molecule has 0 saturated heterocycles. The zero-order valence-corrected chi connectivity index (χ0v) is 17.7. The van der Waals surface area contributed by atoms with Crippen molar-refractivity contribution in [3.05, 3.63) is 126 Å². The highest BCUT2D eigenvalue weighted by Crippen LogP contribution is 2.54. The second-order valence-electron chi connectivity index (χ2n) is 8.27. The van der Waals surface area contributed by atoms with Crippen molar-refractivity contribution >= 4 is 11.9 Å². The lowest BCUT2D eigenvalue weighted by Crippen LogP contribution is -2.36. The number of carboxylic acid groups (broad SMARTS) is 2. The maximum Gasteiger partial charge on any atom is 0.308 e. The Morgan fingerprint density at radius 1 is 0.697 bits per heavy atom. The molecule has 6 heteroatoms. The van der Waals surface area contributed by atoms with E-state index in [-0.39, 0.29) is 0 Å². The van der Waals surface area contributed by atoms with Gasteiger partial charge in [0.15, 0.2) is 0 Å². The number of aliphatic carboxylic acids is 2. The van der Waals surface area contributed by atoms with Gasteiger partial charge >= 0.3 is 11.9 Å². The fourth-order valence-corrected chi connectivity index (χ4v) is 4.97. The lowest BCUT2D eigenvalue weighted by Gasteiger charge is -2.37. The van der Waals surface area contributed by atoms with E-state index in [1.165, 1.54) is 0 Å². The van der Waals surface area contributed by atoms with Gasteiger partial charge in [-0.2, -0.15) is 0 Å². The van der Waals surface area contributed by atoms with E-state index in [0.29, 0.717) is 5.69 Å². The van der Waals surface area contributed by atoms with Gasteiger partial charge < -0.3 is 14.8 Å². The van der Waals surface area contributed by atoms with Crippen LogP contribution >= 0.6 is 0 Å². The average molecular weight is 438 g/mol. The quantitative estimate of drug-likeness (QED) is 0.422. The SMILES string of the molecule is O=C(O)C1C(c2cn(C(c3ccccc3)(c3ccccc3)c3ccccc3)cn2)[C@@H]1C(=O)O. The van der Waals surface area contributed by atoms with Crippen LogP contribution in [0.2, 0.25) is 0 Å². The maximum atomic E-state index is 11.6. The number of imidazole rings is 1. The second-order valence-corrected chi connectivity index (χ2v) is 8.27. The summed E-state index contributed by atoms with van der Waals surface area (Å²) in [6.45, 7) is 0. The van der Waals surface area contributed by atoms with Crippen LogP contribution in [0.3, 0.4) is 0 Å². The van der Waals surface area contributed by atoms with Crippen LogP contribution in [0.15, 0.2) is 104 Å². The molecule has 4 aromatic rings. The molecule has 33 heavy (non-hydrogen) atoms. The Bertz CT molecular complexity index is 1170.